The number of cyclic esters (lactones) is 2. The molecule has 0 bridgehead atoms. The number of carbonyl (C=O) groups is 2. The molecule has 164 valence electrons. The Labute approximate surface area is 179 Å². The second-order valence-electron chi connectivity index (χ2n) is 8.27. The average molecular weight is 415 g/mol. The smallest absolute Gasteiger partial charge is 0.343 e. The molecule has 2 heterocycles. The van der Waals surface area contributed by atoms with Crippen molar-refractivity contribution in [3.05, 3.63) is 58.1 Å². The van der Waals surface area contributed by atoms with Gasteiger partial charge >= 0.3 is 11.9 Å². The second-order valence-corrected chi connectivity index (χ2v) is 8.27. The van der Waals surface area contributed by atoms with Crippen LogP contribution in [0.3, 0.4) is 0 Å². The summed E-state index contributed by atoms with van der Waals surface area (Å²) in [6.45, 7) is 8.36. The second kappa shape index (κ2) is 11.6. The third kappa shape index (κ3) is 7.36. The van der Waals surface area contributed by atoms with E-state index < -0.39 is 5.97 Å². The van der Waals surface area contributed by atoms with Gasteiger partial charge in [-0.15, -0.1) is 0 Å². The maximum Gasteiger partial charge on any atom is 0.343 e. The van der Waals surface area contributed by atoms with Crippen LogP contribution in [0.5, 0.6) is 0 Å². The van der Waals surface area contributed by atoms with Crippen LogP contribution in [0.25, 0.3) is 0 Å². The van der Waals surface area contributed by atoms with Gasteiger partial charge in [0.2, 0.25) is 0 Å². The number of esters is 2. The molecule has 0 aromatic rings. The zero-order valence-electron chi connectivity index (χ0n) is 18.6. The number of carbonyl (C=O) groups excluding carboxylic acids is 2. The van der Waals surface area contributed by atoms with E-state index in [0.29, 0.717) is 12.4 Å². The van der Waals surface area contributed by atoms with Gasteiger partial charge in [0.15, 0.2) is 11.5 Å². The molecule has 5 nitrogen and oxygen atoms in total. The lowest BCUT2D eigenvalue weighted by molar-refractivity contribution is -0.136. The molecule has 1 N–H and O–H groups in total. The van der Waals surface area contributed by atoms with E-state index in [9.17, 15) is 14.7 Å². The minimum atomic E-state index is -0.466. The van der Waals surface area contributed by atoms with Crippen LogP contribution in [0.15, 0.2) is 58.1 Å². The van der Waals surface area contributed by atoms with Crippen molar-refractivity contribution in [2.75, 3.05) is 6.61 Å². The topological polar surface area (TPSA) is 72.8 Å². The maximum atomic E-state index is 11.4. The normalized spacial score (nSPS) is 20.0. The molecule has 0 radical (unpaired) electrons. The first kappa shape index (κ1) is 23.7. The first-order valence-electron chi connectivity index (χ1n) is 10.8. The number of rotatable bonds is 11. The Kier molecular flexibility index (Phi) is 9.15. The molecule has 0 amide bonds. The van der Waals surface area contributed by atoms with Crippen molar-refractivity contribution in [1.82, 2.24) is 0 Å². The van der Waals surface area contributed by atoms with Crippen molar-refractivity contribution in [2.24, 2.45) is 5.92 Å². The summed E-state index contributed by atoms with van der Waals surface area (Å²) in [6.07, 6.45) is 14.9. The molecule has 30 heavy (non-hydrogen) atoms. The highest BCUT2D eigenvalue weighted by molar-refractivity contribution is 5.93. The van der Waals surface area contributed by atoms with Crippen LogP contribution in [0.2, 0.25) is 0 Å². The van der Waals surface area contributed by atoms with Crippen molar-refractivity contribution in [3.63, 3.8) is 0 Å². The summed E-state index contributed by atoms with van der Waals surface area (Å²) < 4.78 is 9.99. The summed E-state index contributed by atoms with van der Waals surface area (Å²) >= 11 is 0. The van der Waals surface area contributed by atoms with E-state index in [2.05, 4.69) is 32.9 Å². The van der Waals surface area contributed by atoms with E-state index >= 15 is 0 Å². The number of aliphatic hydroxyl groups excluding tert-OH is 1. The summed E-state index contributed by atoms with van der Waals surface area (Å²) in [6, 6.07) is 0. The van der Waals surface area contributed by atoms with Gasteiger partial charge in [-0.2, -0.15) is 0 Å². The molecule has 1 atom stereocenters. The molecule has 2 rings (SSSR count). The Balaban J connectivity index is 1.63. The summed E-state index contributed by atoms with van der Waals surface area (Å²) in [7, 11) is 0. The minimum absolute atomic E-state index is 0.0359. The molecule has 0 spiro atoms. The molecular formula is C25H34O5. The van der Waals surface area contributed by atoms with Gasteiger partial charge in [0, 0.05) is 5.57 Å². The van der Waals surface area contributed by atoms with Gasteiger partial charge in [0.05, 0.1) is 5.57 Å². The highest BCUT2D eigenvalue weighted by atomic mass is 16.6. The van der Waals surface area contributed by atoms with Crippen LogP contribution in [0.1, 0.15) is 72.6 Å². The fraction of sp³-hybridized carbons (Fsp3) is 0.520. The quantitative estimate of drug-likeness (QED) is 0.331. The number of allylic oxidation sites excluding steroid dienone is 5. The number of hydrogen-bond acceptors (Lipinski definition) is 5. The lowest BCUT2D eigenvalue weighted by Gasteiger charge is -2.08. The van der Waals surface area contributed by atoms with Crippen molar-refractivity contribution in [3.8, 4) is 0 Å². The largest absolute Gasteiger partial charge is 0.504 e. The van der Waals surface area contributed by atoms with E-state index in [-0.39, 0.29) is 23.2 Å². The van der Waals surface area contributed by atoms with Crippen LogP contribution < -0.4 is 0 Å². The SMILES string of the molecule is CC(=CCCC1=CCOC1=O)CCC=C(C)CCCC(C)C=C1OC(=O)C(C)=C1O. The van der Waals surface area contributed by atoms with Gasteiger partial charge in [0.25, 0.3) is 0 Å². The zero-order chi connectivity index (χ0) is 22.1. The van der Waals surface area contributed by atoms with E-state index in [4.69, 9.17) is 9.47 Å². The molecule has 2 aliphatic heterocycles. The molecule has 5 heteroatoms. The molecular weight excluding hydrogens is 380 g/mol. The number of aliphatic hydroxyl groups is 1. The molecule has 0 fully saturated rings. The Morgan fingerprint density at radius 1 is 1.13 bits per heavy atom. The molecule has 0 aromatic carbocycles. The Bertz CT molecular complexity index is 807. The zero-order valence-corrected chi connectivity index (χ0v) is 18.6. The van der Waals surface area contributed by atoms with E-state index in [1.807, 2.05) is 12.2 Å². The standard InChI is InChI=1S/C25H34O5/c1-17(8-5-9-18(2)11-7-13-21-14-15-29-25(21)28)10-6-12-19(3)16-22-23(26)20(4)24(27)30-22/h8,11,14,16,19,26H,5-7,9-10,12-13,15H2,1-4H3. The summed E-state index contributed by atoms with van der Waals surface area (Å²) in [5, 5.41) is 9.88. The highest BCUT2D eigenvalue weighted by Gasteiger charge is 2.26. The summed E-state index contributed by atoms with van der Waals surface area (Å²) in [5.74, 6) is -0.150. The molecule has 0 saturated heterocycles. The van der Waals surface area contributed by atoms with Crippen molar-refractivity contribution >= 4 is 11.9 Å². The predicted octanol–water partition coefficient (Wildman–Crippen LogP) is 6.00. The van der Waals surface area contributed by atoms with Gasteiger partial charge in [-0.3, -0.25) is 0 Å². The van der Waals surface area contributed by atoms with Crippen LogP contribution in [-0.4, -0.2) is 23.7 Å². The van der Waals surface area contributed by atoms with Crippen molar-refractivity contribution in [2.45, 2.75) is 72.6 Å². The Morgan fingerprint density at radius 3 is 2.47 bits per heavy atom. The maximum absolute atomic E-state index is 11.4. The molecule has 2 aliphatic rings. The lowest BCUT2D eigenvalue weighted by Crippen LogP contribution is -1.98. The van der Waals surface area contributed by atoms with Crippen LogP contribution in [-0.2, 0) is 19.1 Å². The van der Waals surface area contributed by atoms with Crippen molar-refractivity contribution < 1.29 is 24.2 Å². The van der Waals surface area contributed by atoms with Gasteiger partial charge in [0.1, 0.15) is 6.61 Å². The first-order chi connectivity index (χ1) is 14.3. The number of hydrogen-bond donors (Lipinski definition) is 1. The van der Waals surface area contributed by atoms with Gasteiger partial charge in [-0.25, -0.2) is 9.59 Å². The van der Waals surface area contributed by atoms with E-state index in [1.54, 1.807) is 6.92 Å². The lowest BCUT2D eigenvalue weighted by atomic mass is 9.99. The van der Waals surface area contributed by atoms with Crippen molar-refractivity contribution in [1.29, 1.82) is 0 Å². The number of ether oxygens (including phenoxy) is 2. The van der Waals surface area contributed by atoms with Gasteiger partial charge in [-0.05, 0) is 83.8 Å². The molecule has 0 aromatic heterocycles. The average Bonchev–Trinajstić information content (AvgIpc) is 3.20. The minimum Gasteiger partial charge on any atom is -0.504 e. The van der Waals surface area contributed by atoms with Gasteiger partial charge < -0.3 is 14.6 Å². The third-order valence-corrected chi connectivity index (χ3v) is 5.51. The first-order valence-corrected chi connectivity index (χ1v) is 10.8. The molecule has 0 saturated carbocycles. The van der Waals surface area contributed by atoms with Crippen LogP contribution in [0.4, 0.5) is 0 Å². The molecule has 0 aliphatic carbocycles. The monoisotopic (exact) mass is 414 g/mol. The van der Waals surface area contributed by atoms with E-state index in [0.717, 1.165) is 50.5 Å². The Hall–Kier alpha value is -2.56. The fourth-order valence-electron chi connectivity index (χ4n) is 3.49. The van der Waals surface area contributed by atoms with Crippen LogP contribution in [0, 0.1) is 5.92 Å². The van der Waals surface area contributed by atoms with E-state index in [1.165, 1.54) is 11.1 Å². The van der Waals surface area contributed by atoms with Crippen LogP contribution >= 0.6 is 0 Å². The van der Waals surface area contributed by atoms with Gasteiger partial charge in [-0.1, -0.05) is 30.2 Å². The summed E-state index contributed by atoms with van der Waals surface area (Å²) in [4.78, 5) is 22.8. The highest BCUT2D eigenvalue weighted by Crippen LogP contribution is 2.26. The Morgan fingerprint density at radius 2 is 1.83 bits per heavy atom. The predicted molar refractivity (Wildman–Crippen MR) is 118 cm³/mol. The molecule has 1 unspecified atom stereocenters. The fourth-order valence-corrected chi connectivity index (χ4v) is 3.49. The third-order valence-electron chi connectivity index (χ3n) is 5.51. The summed E-state index contributed by atoms with van der Waals surface area (Å²) in [5.41, 5.74) is 3.80.